The summed E-state index contributed by atoms with van der Waals surface area (Å²) >= 11 is 0. The molecule has 80 valence electrons. The fraction of sp³-hybridized carbons (Fsp3) is 0.364. The van der Waals surface area contributed by atoms with E-state index in [1.165, 1.54) is 18.2 Å². The number of ether oxygens (including phenoxy) is 1. The van der Waals surface area contributed by atoms with Crippen LogP contribution in [0.2, 0.25) is 0 Å². The summed E-state index contributed by atoms with van der Waals surface area (Å²) < 4.78 is 18.3. The molecular weight excluding hydrogens is 197 g/mol. The lowest BCUT2D eigenvalue weighted by Crippen LogP contribution is -2.43. The average molecular weight is 209 g/mol. The number of halogens is 1. The lowest BCUT2D eigenvalue weighted by atomic mass is 10.1. The van der Waals surface area contributed by atoms with Gasteiger partial charge in [0.1, 0.15) is 11.6 Å². The van der Waals surface area contributed by atoms with Gasteiger partial charge in [-0.05, 0) is 32.0 Å². The maximum absolute atomic E-state index is 13.0. The maximum Gasteiger partial charge on any atom is 0.260 e. The molecule has 0 bridgehead atoms. The van der Waals surface area contributed by atoms with E-state index in [1.54, 1.807) is 4.90 Å². The third-order valence-corrected chi connectivity index (χ3v) is 2.42. The van der Waals surface area contributed by atoms with Crippen LogP contribution in [0.4, 0.5) is 4.39 Å². The van der Waals surface area contributed by atoms with Gasteiger partial charge in [0.15, 0.2) is 6.73 Å². The number of carbonyl (C=O) groups excluding carboxylic acids is 1. The minimum atomic E-state index is -0.420. The second-order valence-corrected chi connectivity index (χ2v) is 3.78. The van der Waals surface area contributed by atoms with Gasteiger partial charge >= 0.3 is 0 Å². The third-order valence-electron chi connectivity index (χ3n) is 2.42. The Kier molecular flexibility index (Phi) is 2.34. The van der Waals surface area contributed by atoms with E-state index in [0.29, 0.717) is 11.3 Å². The van der Waals surface area contributed by atoms with Crippen LogP contribution in [0.25, 0.3) is 0 Å². The van der Waals surface area contributed by atoms with Crippen molar-refractivity contribution in [3.05, 3.63) is 29.6 Å². The standard InChI is InChI=1S/C11H12FNO2/c1-7(2)13-6-15-10-4-3-8(12)5-9(10)11(13)14/h3-5,7H,6H2,1-2H3. The topological polar surface area (TPSA) is 29.5 Å². The number of hydrogen-bond donors (Lipinski definition) is 0. The number of rotatable bonds is 1. The van der Waals surface area contributed by atoms with Gasteiger partial charge in [-0.15, -0.1) is 0 Å². The van der Waals surface area contributed by atoms with Crippen LogP contribution in [-0.4, -0.2) is 23.6 Å². The van der Waals surface area contributed by atoms with Gasteiger partial charge in [0.25, 0.3) is 5.91 Å². The van der Waals surface area contributed by atoms with E-state index in [1.807, 2.05) is 13.8 Å². The molecule has 0 saturated carbocycles. The highest BCUT2D eigenvalue weighted by Crippen LogP contribution is 2.26. The summed E-state index contributed by atoms with van der Waals surface area (Å²) in [6.45, 7) is 4.02. The normalized spacial score (nSPS) is 15.2. The second kappa shape index (κ2) is 3.53. The van der Waals surface area contributed by atoms with Crippen LogP contribution in [0.3, 0.4) is 0 Å². The lowest BCUT2D eigenvalue weighted by Gasteiger charge is -2.31. The van der Waals surface area contributed by atoms with Crippen LogP contribution in [0.5, 0.6) is 5.75 Å². The summed E-state index contributed by atoms with van der Waals surface area (Å²) in [6, 6.07) is 4.04. The van der Waals surface area contributed by atoms with Crippen molar-refractivity contribution < 1.29 is 13.9 Å². The molecule has 1 amide bonds. The first-order chi connectivity index (χ1) is 7.09. The monoisotopic (exact) mass is 209 g/mol. The van der Waals surface area contributed by atoms with Gasteiger partial charge in [-0.25, -0.2) is 4.39 Å². The Morgan fingerprint density at radius 2 is 2.20 bits per heavy atom. The molecule has 0 saturated heterocycles. The van der Waals surface area contributed by atoms with E-state index in [9.17, 15) is 9.18 Å². The van der Waals surface area contributed by atoms with Crippen molar-refractivity contribution in [2.24, 2.45) is 0 Å². The minimum absolute atomic E-state index is 0.0499. The van der Waals surface area contributed by atoms with Crippen molar-refractivity contribution in [3.63, 3.8) is 0 Å². The molecule has 0 aromatic heterocycles. The van der Waals surface area contributed by atoms with E-state index in [2.05, 4.69) is 0 Å². The Morgan fingerprint density at radius 1 is 1.47 bits per heavy atom. The zero-order valence-electron chi connectivity index (χ0n) is 8.66. The molecule has 0 aliphatic carbocycles. The highest BCUT2D eigenvalue weighted by molar-refractivity contribution is 5.97. The van der Waals surface area contributed by atoms with E-state index in [0.717, 1.165) is 0 Å². The van der Waals surface area contributed by atoms with E-state index >= 15 is 0 Å². The van der Waals surface area contributed by atoms with Crippen molar-refractivity contribution in [2.75, 3.05) is 6.73 Å². The number of fused-ring (bicyclic) bond motifs is 1. The van der Waals surface area contributed by atoms with E-state index in [4.69, 9.17) is 4.74 Å². The van der Waals surface area contributed by atoms with E-state index in [-0.39, 0.29) is 18.7 Å². The molecule has 0 N–H and O–H groups in total. The number of nitrogens with zero attached hydrogens (tertiary/aromatic N) is 1. The zero-order valence-corrected chi connectivity index (χ0v) is 8.66. The number of hydrogen-bond acceptors (Lipinski definition) is 2. The zero-order chi connectivity index (χ0) is 11.0. The predicted molar refractivity (Wildman–Crippen MR) is 53.2 cm³/mol. The molecule has 1 heterocycles. The molecule has 0 radical (unpaired) electrons. The predicted octanol–water partition coefficient (Wildman–Crippen LogP) is 2.03. The van der Waals surface area contributed by atoms with Crippen LogP contribution >= 0.6 is 0 Å². The largest absolute Gasteiger partial charge is 0.472 e. The van der Waals surface area contributed by atoms with Crippen LogP contribution in [0, 0.1) is 5.82 Å². The SMILES string of the molecule is CC(C)N1COc2ccc(F)cc2C1=O. The van der Waals surface area contributed by atoms with Crippen LogP contribution < -0.4 is 4.74 Å². The maximum atomic E-state index is 13.0. The van der Waals surface area contributed by atoms with Crippen LogP contribution in [0.1, 0.15) is 24.2 Å². The highest BCUT2D eigenvalue weighted by atomic mass is 19.1. The molecule has 1 aliphatic heterocycles. The van der Waals surface area contributed by atoms with Crippen molar-refractivity contribution in [1.82, 2.24) is 4.90 Å². The smallest absolute Gasteiger partial charge is 0.260 e. The first-order valence-corrected chi connectivity index (χ1v) is 4.83. The van der Waals surface area contributed by atoms with Gasteiger partial charge < -0.3 is 9.64 Å². The van der Waals surface area contributed by atoms with Crippen LogP contribution in [-0.2, 0) is 0 Å². The average Bonchev–Trinajstić information content (AvgIpc) is 2.19. The Balaban J connectivity index is 2.40. The van der Waals surface area contributed by atoms with Gasteiger partial charge in [0.2, 0.25) is 0 Å². The van der Waals surface area contributed by atoms with Gasteiger partial charge in [0, 0.05) is 6.04 Å². The molecule has 1 aliphatic rings. The van der Waals surface area contributed by atoms with Gasteiger partial charge in [-0.3, -0.25) is 4.79 Å². The molecule has 1 aromatic rings. The summed E-state index contributed by atoms with van der Waals surface area (Å²) in [5, 5.41) is 0. The fourth-order valence-electron chi connectivity index (χ4n) is 1.53. The summed E-state index contributed by atoms with van der Waals surface area (Å²) in [6.07, 6.45) is 0. The number of amides is 1. The highest BCUT2D eigenvalue weighted by Gasteiger charge is 2.27. The summed E-state index contributed by atoms with van der Waals surface area (Å²) in [5.41, 5.74) is 0.301. The molecule has 0 unspecified atom stereocenters. The van der Waals surface area contributed by atoms with Crippen molar-refractivity contribution in [2.45, 2.75) is 19.9 Å². The van der Waals surface area contributed by atoms with Crippen molar-refractivity contribution in [1.29, 1.82) is 0 Å². The molecule has 1 aromatic carbocycles. The Hall–Kier alpha value is -1.58. The molecule has 0 atom stereocenters. The Bertz CT molecular complexity index is 404. The van der Waals surface area contributed by atoms with Crippen LogP contribution in [0.15, 0.2) is 18.2 Å². The summed E-state index contributed by atoms with van der Waals surface area (Å²) in [5.74, 6) is -0.139. The molecule has 0 spiro atoms. The van der Waals surface area contributed by atoms with E-state index < -0.39 is 5.82 Å². The molecule has 2 rings (SSSR count). The number of carbonyl (C=O) groups is 1. The first kappa shape index (κ1) is 9.96. The molecule has 4 heteroatoms. The first-order valence-electron chi connectivity index (χ1n) is 4.83. The molecule has 3 nitrogen and oxygen atoms in total. The Morgan fingerprint density at radius 3 is 2.87 bits per heavy atom. The fourth-order valence-corrected chi connectivity index (χ4v) is 1.53. The van der Waals surface area contributed by atoms with Crippen molar-refractivity contribution in [3.8, 4) is 5.75 Å². The Labute approximate surface area is 87.5 Å². The summed E-state index contributed by atoms with van der Waals surface area (Å²) in [4.78, 5) is 13.4. The minimum Gasteiger partial charge on any atom is -0.472 e. The molecule has 0 fully saturated rings. The van der Waals surface area contributed by atoms with Gasteiger partial charge in [-0.1, -0.05) is 0 Å². The molecular formula is C11H12FNO2. The van der Waals surface area contributed by atoms with Gasteiger partial charge in [-0.2, -0.15) is 0 Å². The number of benzene rings is 1. The quantitative estimate of drug-likeness (QED) is 0.708. The lowest BCUT2D eigenvalue weighted by molar-refractivity contribution is 0.0431. The second-order valence-electron chi connectivity index (χ2n) is 3.78. The third kappa shape index (κ3) is 1.67. The van der Waals surface area contributed by atoms with Crippen molar-refractivity contribution >= 4 is 5.91 Å². The van der Waals surface area contributed by atoms with Gasteiger partial charge in [0.05, 0.1) is 5.56 Å². The molecule has 15 heavy (non-hydrogen) atoms. The summed E-state index contributed by atoms with van der Waals surface area (Å²) in [7, 11) is 0.